The molecule has 92 valence electrons. The highest BCUT2D eigenvalue weighted by molar-refractivity contribution is 6.39. The quantitative estimate of drug-likeness (QED) is 0.544. The molecule has 0 heterocycles. The molecule has 0 aliphatic rings. The summed E-state index contributed by atoms with van der Waals surface area (Å²) >= 11 is 0. The number of carbonyl (C=O) groups excluding carboxylic acids is 2. The molecule has 3 N–H and O–H groups in total. The van der Waals surface area contributed by atoms with Crippen molar-refractivity contribution in [2.45, 2.75) is 20.3 Å². The largest absolute Gasteiger partial charge is 0.506 e. The monoisotopic (exact) mass is 236 g/mol. The molecule has 5 nitrogen and oxygen atoms in total. The van der Waals surface area contributed by atoms with E-state index in [2.05, 4.69) is 10.6 Å². The fourth-order valence-electron chi connectivity index (χ4n) is 1.25. The number of amides is 2. The van der Waals surface area contributed by atoms with Gasteiger partial charge < -0.3 is 15.7 Å². The number of nitrogens with one attached hydrogen (secondary N) is 2. The normalized spacial score (nSPS) is 9.76. The van der Waals surface area contributed by atoms with Gasteiger partial charge >= 0.3 is 11.8 Å². The van der Waals surface area contributed by atoms with Crippen molar-refractivity contribution in [2.75, 3.05) is 11.9 Å². The summed E-state index contributed by atoms with van der Waals surface area (Å²) in [7, 11) is 0. The molecule has 1 aromatic rings. The fourth-order valence-corrected chi connectivity index (χ4v) is 1.25. The summed E-state index contributed by atoms with van der Waals surface area (Å²) in [5.41, 5.74) is 1.12. The van der Waals surface area contributed by atoms with E-state index < -0.39 is 11.8 Å². The first kappa shape index (κ1) is 13.0. The number of aromatic hydroxyl groups is 1. The number of phenolic OH excluding ortho intramolecular Hbond substituents is 1. The summed E-state index contributed by atoms with van der Waals surface area (Å²) in [6, 6.07) is 4.78. The lowest BCUT2D eigenvalue weighted by Crippen LogP contribution is -2.35. The number of rotatable bonds is 3. The van der Waals surface area contributed by atoms with Crippen LogP contribution in [0.1, 0.15) is 18.9 Å². The molecular weight excluding hydrogens is 220 g/mol. The molecule has 17 heavy (non-hydrogen) atoms. The third-order valence-corrected chi connectivity index (χ3v) is 2.14. The zero-order valence-corrected chi connectivity index (χ0v) is 9.91. The second kappa shape index (κ2) is 5.89. The summed E-state index contributed by atoms with van der Waals surface area (Å²) in [6.45, 7) is 4.17. The van der Waals surface area contributed by atoms with E-state index in [4.69, 9.17) is 0 Å². The zero-order valence-electron chi connectivity index (χ0n) is 9.91. The van der Waals surface area contributed by atoms with E-state index in [0.29, 0.717) is 6.54 Å². The van der Waals surface area contributed by atoms with Gasteiger partial charge in [0.25, 0.3) is 0 Å². The van der Waals surface area contributed by atoms with Crippen LogP contribution in [-0.2, 0) is 9.59 Å². The minimum atomic E-state index is -0.778. The summed E-state index contributed by atoms with van der Waals surface area (Å²) in [5, 5.41) is 14.3. The minimum Gasteiger partial charge on any atom is -0.506 e. The lowest BCUT2D eigenvalue weighted by molar-refractivity contribution is -0.136. The van der Waals surface area contributed by atoms with Crippen LogP contribution in [0.4, 0.5) is 5.69 Å². The molecular formula is C12H16N2O3. The van der Waals surface area contributed by atoms with Crippen LogP contribution in [-0.4, -0.2) is 23.5 Å². The van der Waals surface area contributed by atoms with E-state index in [1.165, 1.54) is 6.07 Å². The van der Waals surface area contributed by atoms with Crippen molar-refractivity contribution >= 4 is 17.5 Å². The molecule has 0 spiro atoms. The number of aryl methyl sites for hydroxylation is 1. The number of phenols is 1. The second-order valence-corrected chi connectivity index (χ2v) is 3.73. The molecule has 1 aromatic carbocycles. The van der Waals surface area contributed by atoms with Gasteiger partial charge in [0.2, 0.25) is 0 Å². The van der Waals surface area contributed by atoms with Gasteiger partial charge in [0.05, 0.1) is 5.69 Å². The van der Waals surface area contributed by atoms with Crippen molar-refractivity contribution in [2.24, 2.45) is 0 Å². The lowest BCUT2D eigenvalue weighted by atomic mass is 10.2. The Balaban J connectivity index is 2.67. The fraction of sp³-hybridized carbons (Fsp3) is 0.333. The summed E-state index contributed by atoms with van der Waals surface area (Å²) < 4.78 is 0. The number of hydrogen-bond donors (Lipinski definition) is 3. The Bertz CT molecular complexity index is 430. The highest BCUT2D eigenvalue weighted by atomic mass is 16.3. The Morgan fingerprint density at radius 2 is 2.00 bits per heavy atom. The average Bonchev–Trinajstić information content (AvgIpc) is 2.30. The second-order valence-electron chi connectivity index (χ2n) is 3.73. The van der Waals surface area contributed by atoms with Crippen LogP contribution in [0.15, 0.2) is 18.2 Å². The first-order chi connectivity index (χ1) is 8.04. The Morgan fingerprint density at radius 3 is 2.65 bits per heavy atom. The van der Waals surface area contributed by atoms with Gasteiger partial charge in [-0.2, -0.15) is 0 Å². The molecule has 0 radical (unpaired) electrons. The lowest BCUT2D eigenvalue weighted by Gasteiger charge is -2.08. The maximum Gasteiger partial charge on any atom is 0.313 e. The van der Waals surface area contributed by atoms with Gasteiger partial charge in [0.15, 0.2) is 0 Å². The highest BCUT2D eigenvalue weighted by Gasteiger charge is 2.14. The van der Waals surface area contributed by atoms with Gasteiger partial charge in [-0.25, -0.2) is 0 Å². The van der Waals surface area contributed by atoms with E-state index in [1.807, 2.05) is 13.8 Å². The van der Waals surface area contributed by atoms with E-state index in [0.717, 1.165) is 12.0 Å². The van der Waals surface area contributed by atoms with Crippen LogP contribution < -0.4 is 10.6 Å². The molecule has 0 aliphatic heterocycles. The number of carbonyl (C=O) groups is 2. The topological polar surface area (TPSA) is 78.4 Å². The Morgan fingerprint density at radius 1 is 1.29 bits per heavy atom. The van der Waals surface area contributed by atoms with Crippen LogP contribution in [0.2, 0.25) is 0 Å². The van der Waals surface area contributed by atoms with Gasteiger partial charge in [-0.1, -0.05) is 13.0 Å². The molecule has 0 saturated heterocycles. The number of anilines is 1. The standard InChI is InChI=1S/C12H16N2O3/c1-3-6-13-11(16)12(17)14-9-7-8(2)4-5-10(9)15/h4-5,7,15H,3,6H2,1-2H3,(H,13,16)(H,14,17). The van der Waals surface area contributed by atoms with Gasteiger partial charge in [-0.15, -0.1) is 0 Å². The molecule has 0 fully saturated rings. The third kappa shape index (κ3) is 3.79. The predicted molar refractivity (Wildman–Crippen MR) is 64.8 cm³/mol. The maximum atomic E-state index is 11.4. The summed E-state index contributed by atoms with van der Waals surface area (Å²) in [5.74, 6) is -1.54. The van der Waals surface area contributed by atoms with Crippen molar-refractivity contribution in [3.8, 4) is 5.75 Å². The van der Waals surface area contributed by atoms with Crippen LogP contribution in [0.5, 0.6) is 5.75 Å². The van der Waals surface area contributed by atoms with Crippen molar-refractivity contribution in [3.05, 3.63) is 23.8 Å². The van der Waals surface area contributed by atoms with Gasteiger partial charge in [0.1, 0.15) is 5.75 Å². The Hall–Kier alpha value is -2.04. The average molecular weight is 236 g/mol. The zero-order chi connectivity index (χ0) is 12.8. The van der Waals surface area contributed by atoms with Crippen LogP contribution in [0.25, 0.3) is 0 Å². The minimum absolute atomic E-state index is 0.0627. The Labute approximate surface area is 99.8 Å². The van der Waals surface area contributed by atoms with Crippen LogP contribution in [0, 0.1) is 6.92 Å². The first-order valence-electron chi connectivity index (χ1n) is 5.43. The molecule has 0 unspecified atom stereocenters. The van der Waals surface area contributed by atoms with Gasteiger partial charge in [-0.3, -0.25) is 9.59 Å². The molecule has 1 rings (SSSR count). The molecule has 2 amide bonds. The van der Waals surface area contributed by atoms with Crippen molar-refractivity contribution in [1.82, 2.24) is 5.32 Å². The van der Waals surface area contributed by atoms with Crippen LogP contribution >= 0.6 is 0 Å². The first-order valence-corrected chi connectivity index (χ1v) is 5.43. The molecule has 0 aliphatic carbocycles. The van der Waals surface area contributed by atoms with Gasteiger partial charge in [0, 0.05) is 6.54 Å². The third-order valence-electron chi connectivity index (χ3n) is 2.14. The predicted octanol–water partition coefficient (Wildman–Crippen LogP) is 1.17. The number of benzene rings is 1. The highest BCUT2D eigenvalue weighted by Crippen LogP contribution is 2.23. The summed E-state index contributed by atoms with van der Waals surface area (Å²) in [4.78, 5) is 22.7. The maximum absolute atomic E-state index is 11.4. The van der Waals surface area contributed by atoms with E-state index >= 15 is 0 Å². The number of hydrogen-bond acceptors (Lipinski definition) is 3. The summed E-state index contributed by atoms with van der Waals surface area (Å²) in [6.07, 6.45) is 0.759. The van der Waals surface area contributed by atoms with E-state index in [-0.39, 0.29) is 11.4 Å². The smallest absolute Gasteiger partial charge is 0.313 e. The molecule has 0 bridgehead atoms. The molecule has 0 atom stereocenters. The van der Waals surface area contributed by atoms with Crippen molar-refractivity contribution < 1.29 is 14.7 Å². The van der Waals surface area contributed by atoms with Gasteiger partial charge in [-0.05, 0) is 31.0 Å². The molecule has 0 aromatic heterocycles. The Kier molecular flexibility index (Phi) is 4.51. The van der Waals surface area contributed by atoms with E-state index in [9.17, 15) is 14.7 Å². The molecule has 5 heteroatoms. The SMILES string of the molecule is CCCNC(=O)C(=O)Nc1cc(C)ccc1O. The van der Waals surface area contributed by atoms with Crippen molar-refractivity contribution in [1.29, 1.82) is 0 Å². The molecule has 0 saturated carbocycles. The van der Waals surface area contributed by atoms with Crippen LogP contribution in [0.3, 0.4) is 0 Å². The van der Waals surface area contributed by atoms with Crippen molar-refractivity contribution in [3.63, 3.8) is 0 Å². The van der Waals surface area contributed by atoms with E-state index in [1.54, 1.807) is 12.1 Å².